The van der Waals surface area contributed by atoms with Gasteiger partial charge >= 0.3 is 63.4 Å². The van der Waals surface area contributed by atoms with Crippen LogP contribution in [-0.2, 0) is 44.4 Å². The summed E-state index contributed by atoms with van der Waals surface area (Å²) in [5, 5.41) is 11.9. The number of imidazole rings is 2. The molecule has 0 saturated heterocycles. The molecule has 0 N–H and O–H groups in total. The predicted octanol–water partition coefficient (Wildman–Crippen LogP) is 2.73. The molecule has 0 spiro atoms. The molecule has 325 valence electrons. The number of hydrogen-bond donors (Lipinski definition) is 0. The normalized spacial score (nSPS) is 12.0. The molecule has 19 nitrogen and oxygen atoms in total. The maximum atomic E-state index is 10.7. The van der Waals surface area contributed by atoms with Gasteiger partial charge in [-0.05, 0) is 24.3 Å². The van der Waals surface area contributed by atoms with Gasteiger partial charge in [0.05, 0.1) is 12.4 Å². The summed E-state index contributed by atoms with van der Waals surface area (Å²) in [5.41, 5.74) is -16.9. The molecule has 0 aliphatic heterocycles. The first kappa shape index (κ1) is 55.4. The fourth-order valence-electron chi connectivity index (χ4n) is 2.49. The van der Waals surface area contributed by atoms with Gasteiger partial charge in [-0.15, -0.1) is 0 Å². The van der Waals surface area contributed by atoms with Gasteiger partial charge < -0.3 is 22.8 Å². The van der Waals surface area contributed by atoms with Crippen molar-refractivity contribution in [2.24, 2.45) is 24.3 Å². The van der Waals surface area contributed by atoms with E-state index in [1.165, 1.54) is 0 Å². The summed E-state index contributed by atoms with van der Waals surface area (Å²) < 4.78 is 181. The van der Waals surface area contributed by atoms with E-state index in [4.69, 9.17) is 38.9 Å². The average Bonchev–Trinajstić information content (AvgIpc) is 3.68. The van der Waals surface area contributed by atoms with Crippen LogP contribution in [0.4, 0.5) is 51.1 Å². The van der Waals surface area contributed by atoms with Crippen molar-refractivity contribution >= 4 is 54.4 Å². The summed E-state index contributed by atoms with van der Waals surface area (Å²) in [7, 11) is -10.7. The van der Waals surface area contributed by atoms with E-state index < -0.39 is 46.9 Å². The van der Waals surface area contributed by atoms with Gasteiger partial charge in [0.15, 0.2) is 42.0 Å². The summed E-state index contributed by atoms with van der Waals surface area (Å²) in [6, 6.07) is 11.4. The fraction of sp³-hybridized carbons (Fsp3) is 0.280. The van der Waals surface area contributed by atoms with Crippen molar-refractivity contribution in [3.63, 3.8) is 0 Å². The van der Waals surface area contributed by atoms with Crippen molar-refractivity contribution in [3.8, 4) is 0 Å². The molecule has 0 amide bonds. The molecule has 0 aromatic carbocycles. The topological polar surface area (TPSA) is 264 Å². The van der Waals surface area contributed by atoms with E-state index in [0.717, 1.165) is 23.3 Å². The third-order valence-electron chi connectivity index (χ3n) is 5.22. The second kappa shape index (κ2) is 23.6. The molecule has 0 fully saturated rings. The van der Waals surface area contributed by atoms with Crippen LogP contribution in [0.5, 0.6) is 0 Å². The molecule has 4 aromatic heterocycles. The Bertz CT molecular complexity index is 1980. The molecule has 4 aromatic rings. The summed E-state index contributed by atoms with van der Waals surface area (Å²) in [4.78, 5) is 16.7. The molecular formula is C25H26F9N10O9S3Yb. The van der Waals surface area contributed by atoms with Crippen molar-refractivity contribution < 1.29 is 125 Å². The van der Waals surface area contributed by atoms with E-state index in [1.807, 2.05) is 86.1 Å². The Kier molecular flexibility index (Phi) is 23.0. The maximum Gasteiger partial charge on any atom is 3.00 e. The molecular weight excluding hydrogens is 1020 g/mol. The van der Waals surface area contributed by atoms with Crippen LogP contribution in [0.2, 0.25) is 0 Å². The number of pyridine rings is 2. The van der Waals surface area contributed by atoms with Gasteiger partial charge in [0.1, 0.15) is 11.6 Å². The van der Waals surface area contributed by atoms with E-state index in [-0.39, 0.29) is 46.9 Å². The smallest absolute Gasteiger partial charge is 0.741 e. The maximum absolute atomic E-state index is 10.7. The van der Waals surface area contributed by atoms with E-state index in [0.29, 0.717) is 0 Å². The molecule has 0 aliphatic rings. The number of halogens is 9. The Morgan fingerprint density at radius 3 is 1.00 bits per heavy atom. The van der Waals surface area contributed by atoms with E-state index in [2.05, 4.69) is 30.1 Å². The average molecular weight is 1050 g/mol. The minimum atomic E-state index is -6.09. The van der Waals surface area contributed by atoms with Crippen molar-refractivity contribution in [1.29, 1.82) is 0 Å². The number of aryl methyl sites for hydroxylation is 2. The van der Waals surface area contributed by atoms with Crippen LogP contribution in [0.25, 0.3) is 0 Å². The van der Waals surface area contributed by atoms with Crippen LogP contribution < -0.4 is 10.0 Å². The molecule has 32 heteroatoms. The Balaban J connectivity index is 0. The number of rotatable bonds is 6. The molecule has 57 heavy (non-hydrogen) atoms. The minimum absolute atomic E-state index is 0. The summed E-state index contributed by atoms with van der Waals surface area (Å²) in [6.45, 7) is 0. The van der Waals surface area contributed by atoms with Gasteiger partial charge in [0, 0.05) is 65.4 Å². The van der Waals surface area contributed by atoms with Crippen LogP contribution >= 0.6 is 0 Å². The number of hydrogen-bond acceptors (Lipinski definition) is 17. The van der Waals surface area contributed by atoms with Crippen molar-refractivity contribution in [2.45, 2.75) is 16.5 Å². The molecule has 0 bridgehead atoms. The first-order valence-electron chi connectivity index (χ1n) is 13.7. The number of anilines is 2. The molecule has 0 aliphatic carbocycles. The van der Waals surface area contributed by atoms with Gasteiger partial charge in [-0.3, -0.25) is 10.0 Å². The van der Waals surface area contributed by atoms with Crippen molar-refractivity contribution in [2.75, 3.05) is 24.1 Å². The van der Waals surface area contributed by atoms with Crippen LogP contribution in [0.15, 0.2) is 83.8 Å². The Labute approximate surface area is 356 Å². The van der Waals surface area contributed by atoms with E-state index >= 15 is 0 Å². The Morgan fingerprint density at radius 2 is 0.825 bits per heavy atom. The number of aromatic nitrogens is 6. The monoisotopic (exact) mass is 1050 g/mol. The largest absolute Gasteiger partial charge is 3.00 e. The zero-order valence-electron chi connectivity index (χ0n) is 28.6. The third kappa shape index (κ3) is 22.1. The first-order valence-corrected chi connectivity index (χ1v) is 17.9. The Morgan fingerprint density at radius 1 is 0.561 bits per heavy atom. The first-order chi connectivity index (χ1) is 25.3. The molecule has 0 unspecified atom stereocenters. The van der Waals surface area contributed by atoms with Gasteiger partial charge in [0.2, 0.25) is 0 Å². The van der Waals surface area contributed by atoms with Crippen LogP contribution in [-0.4, -0.2) is 111 Å². The molecule has 1 radical (unpaired) electrons. The molecule has 0 saturated carbocycles. The standard InChI is InChI=1S/2C11H13N5.3CHF3O3S.Yb/c2*1-15-8-7-13-11(15)9-14-16(2)10-5-3-4-6-12-10;3*2-1(3,4)8(5,6)7;/h2*3-9H,1-2H3;3*(H,5,6,7);/q;;;;;+3/p-3/b2*14-9+;;;;. The summed E-state index contributed by atoms with van der Waals surface area (Å²) >= 11 is 0. The fourth-order valence-corrected chi connectivity index (χ4v) is 2.49. The SMILES string of the molecule is CN(/N=C/c1nccn1C)c1ccccn1.CN(/N=C/c1nccn1C)c1ccccn1.O=S(=O)([O-])C(F)(F)F.O=S(=O)([O-])C(F)(F)F.O=S(=O)([O-])C(F)(F)F.[Yb+3]. The Hall–Kier alpha value is -3.72. The second-order valence-electron chi connectivity index (χ2n) is 9.40. The molecule has 0 atom stereocenters. The van der Waals surface area contributed by atoms with E-state index in [9.17, 15) is 39.5 Å². The third-order valence-corrected chi connectivity index (χ3v) is 6.92. The number of alkyl halides is 9. The van der Waals surface area contributed by atoms with Crippen molar-refractivity contribution in [3.05, 3.63) is 85.2 Å². The van der Waals surface area contributed by atoms with Gasteiger partial charge in [-0.2, -0.15) is 49.7 Å². The zero-order valence-corrected chi connectivity index (χ0v) is 32.8. The minimum Gasteiger partial charge on any atom is -0.741 e. The quantitative estimate of drug-likeness (QED) is 0.0884. The van der Waals surface area contributed by atoms with Crippen LogP contribution in [0.3, 0.4) is 0 Å². The number of nitrogens with zero attached hydrogens (tertiary/aromatic N) is 10. The zero-order chi connectivity index (χ0) is 43.8. The van der Waals surface area contributed by atoms with Crippen LogP contribution in [0.1, 0.15) is 11.6 Å². The van der Waals surface area contributed by atoms with Crippen LogP contribution in [0, 0.1) is 46.9 Å². The van der Waals surface area contributed by atoms with E-state index in [1.54, 1.807) is 47.2 Å². The molecule has 4 heterocycles. The number of hydrazone groups is 2. The molecule has 4 rings (SSSR count). The predicted molar refractivity (Wildman–Crippen MR) is 174 cm³/mol. The van der Waals surface area contributed by atoms with Gasteiger partial charge in [-0.25, -0.2) is 45.2 Å². The van der Waals surface area contributed by atoms with Gasteiger partial charge in [-0.1, -0.05) is 12.1 Å². The summed E-state index contributed by atoms with van der Waals surface area (Å²) in [6.07, 6.45) is 14.1. The van der Waals surface area contributed by atoms with Crippen molar-refractivity contribution in [1.82, 2.24) is 29.1 Å². The second-order valence-corrected chi connectivity index (χ2v) is 13.5. The summed E-state index contributed by atoms with van der Waals surface area (Å²) in [5.74, 6) is 3.21. The van der Waals surface area contributed by atoms with Gasteiger partial charge in [0.25, 0.3) is 0 Å².